The van der Waals surface area contributed by atoms with Crippen LogP contribution in [0, 0.1) is 26.7 Å². The minimum absolute atomic E-state index is 0.102. The Morgan fingerprint density at radius 1 is 0.966 bits per heavy atom. The summed E-state index contributed by atoms with van der Waals surface area (Å²) < 4.78 is 5.30. The first-order chi connectivity index (χ1) is 13.6. The van der Waals surface area contributed by atoms with Gasteiger partial charge in [-0.2, -0.15) is 0 Å². The summed E-state index contributed by atoms with van der Waals surface area (Å²) in [4.78, 5) is 35.4. The van der Waals surface area contributed by atoms with E-state index in [4.69, 9.17) is 9.84 Å². The monoisotopic (exact) mass is 398 g/mol. The summed E-state index contributed by atoms with van der Waals surface area (Å²) in [6, 6.07) is 8.63. The maximum absolute atomic E-state index is 12.8. The van der Waals surface area contributed by atoms with Crippen LogP contribution in [0.2, 0.25) is 0 Å². The van der Waals surface area contributed by atoms with Crippen molar-refractivity contribution >= 4 is 29.2 Å². The fraction of sp³-hybridized carbons (Fsp3) is 0.318. The summed E-state index contributed by atoms with van der Waals surface area (Å²) in [5.41, 5.74) is 3.83. The lowest BCUT2D eigenvalue weighted by atomic mass is 10.0. The molecule has 29 heavy (non-hydrogen) atoms. The Kier molecular flexibility index (Phi) is 6.98. The number of rotatable bonds is 7. The number of nitrogens with one attached hydrogen (secondary N) is 2. The number of carboxylic acid groups (broad SMARTS) is 1. The molecule has 0 saturated carbocycles. The second kappa shape index (κ2) is 9.23. The van der Waals surface area contributed by atoms with Gasteiger partial charge in [-0.15, -0.1) is 0 Å². The van der Waals surface area contributed by atoms with Gasteiger partial charge < -0.3 is 20.5 Å². The van der Waals surface area contributed by atoms with Crippen molar-refractivity contribution in [3.63, 3.8) is 0 Å². The Balaban J connectivity index is 2.21. The summed E-state index contributed by atoms with van der Waals surface area (Å²) >= 11 is 0. The number of ether oxygens (including phenoxy) is 1. The number of aryl methyl sites for hydroxylation is 3. The number of hydrogen-bond donors (Lipinski definition) is 3. The predicted octanol–water partition coefficient (Wildman–Crippen LogP) is 3.92. The van der Waals surface area contributed by atoms with Crippen molar-refractivity contribution in [1.82, 2.24) is 0 Å². The number of hydrogen-bond acceptors (Lipinski definition) is 4. The SMILES string of the molecule is Cc1ccc(NC(=O)C(C)C)cc1NC(=O)c1cc(C)c(OCC(=O)O)c(C)c1. The predicted molar refractivity (Wildman–Crippen MR) is 112 cm³/mol. The summed E-state index contributed by atoms with van der Waals surface area (Å²) in [5, 5.41) is 14.5. The van der Waals surface area contributed by atoms with Crippen LogP contribution in [-0.2, 0) is 9.59 Å². The van der Waals surface area contributed by atoms with E-state index < -0.39 is 12.6 Å². The van der Waals surface area contributed by atoms with Crippen LogP contribution in [0.4, 0.5) is 11.4 Å². The van der Waals surface area contributed by atoms with E-state index in [1.807, 2.05) is 13.0 Å². The molecule has 0 radical (unpaired) electrons. The second-order valence-electron chi connectivity index (χ2n) is 7.25. The van der Waals surface area contributed by atoms with E-state index in [1.54, 1.807) is 52.0 Å². The standard InChI is InChI=1S/C22H26N2O5/c1-12(2)21(27)23-17-7-6-13(3)18(10-17)24-22(28)16-8-14(4)20(15(5)9-16)29-11-19(25)26/h6-10,12H,11H2,1-5H3,(H,23,27)(H,24,28)(H,25,26). The van der Waals surface area contributed by atoms with Crippen molar-refractivity contribution in [3.05, 3.63) is 52.6 Å². The molecule has 0 fully saturated rings. The van der Waals surface area contributed by atoms with E-state index in [2.05, 4.69) is 10.6 Å². The molecular weight excluding hydrogens is 372 g/mol. The van der Waals surface area contributed by atoms with E-state index in [9.17, 15) is 14.4 Å². The Morgan fingerprint density at radius 3 is 2.14 bits per heavy atom. The molecule has 0 atom stereocenters. The zero-order valence-corrected chi connectivity index (χ0v) is 17.3. The topological polar surface area (TPSA) is 105 Å². The molecule has 0 spiro atoms. The lowest BCUT2D eigenvalue weighted by molar-refractivity contribution is -0.139. The second-order valence-corrected chi connectivity index (χ2v) is 7.25. The molecular formula is C22H26N2O5. The number of carbonyl (C=O) groups excluding carboxylic acids is 2. The molecule has 0 bridgehead atoms. The number of benzene rings is 2. The van der Waals surface area contributed by atoms with Gasteiger partial charge in [0.1, 0.15) is 5.75 Å². The van der Waals surface area contributed by atoms with Crippen molar-refractivity contribution < 1.29 is 24.2 Å². The normalized spacial score (nSPS) is 10.6. The van der Waals surface area contributed by atoms with Gasteiger partial charge in [0, 0.05) is 22.9 Å². The lowest BCUT2D eigenvalue weighted by Gasteiger charge is -2.15. The number of aliphatic carboxylic acids is 1. The minimum atomic E-state index is -1.06. The van der Waals surface area contributed by atoms with Crippen LogP contribution in [-0.4, -0.2) is 29.5 Å². The molecule has 2 aromatic carbocycles. The molecule has 0 heterocycles. The van der Waals surface area contributed by atoms with E-state index >= 15 is 0 Å². The van der Waals surface area contributed by atoms with Gasteiger partial charge in [-0.1, -0.05) is 19.9 Å². The van der Waals surface area contributed by atoms with E-state index in [0.29, 0.717) is 33.8 Å². The van der Waals surface area contributed by atoms with Crippen LogP contribution in [0.25, 0.3) is 0 Å². The van der Waals surface area contributed by atoms with E-state index in [-0.39, 0.29) is 17.7 Å². The first kappa shape index (κ1) is 21.9. The smallest absolute Gasteiger partial charge is 0.341 e. The third-order valence-corrected chi connectivity index (χ3v) is 4.34. The van der Waals surface area contributed by atoms with Gasteiger partial charge in [-0.25, -0.2) is 4.79 Å². The molecule has 3 N–H and O–H groups in total. The molecule has 0 aliphatic heterocycles. The quantitative estimate of drug-likeness (QED) is 0.656. The molecule has 0 saturated heterocycles. The Hall–Kier alpha value is -3.35. The first-order valence-electron chi connectivity index (χ1n) is 9.27. The molecule has 2 aromatic rings. The molecule has 7 heteroatoms. The average molecular weight is 398 g/mol. The van der Waals surface area contributed by atoms with Crippen molar-refractivity contribution in [3.8, 4) is 5.75 Å². The molecule has 2 amide bonds. The van der Waals surface area contributed by atoms with Crippen LogP contribution in [0.5, 0.6) is 5.75 Å². The summed E-state index contributed by atoms with van der Waals surface area (Å²) in [6.07, 6.45) is 0. The lowest BCUT2D eigenvalue weighted by Crippen LogP contribution is -2.18. The first-order valence-corrected chi connectivity index (χ1v) is 9.27. The van der Waals surface area contributed by atoms with Gasteiger partial charge in [0.05, 0.1) is 0 Å². The van der Waals surface area contributed by atoms with E-state index in [0.717, 1.165) is 5.56 Å². The highest BCUT2D eigenvalue weighted by molar-refractivity contribution is 6.05. The molecule has 2 rings (SSSR count). The van der Waals surface area contributed by atoms with Crippen molar-refractivity contribution in [2.24, 2.45) is 5.92 Å². The minimum Gasteiger partial charge on any atom is -0.481 e. The fourth-order valence-corrected chi connectivity index (χ4v) is 2.76. The molecule has 0 unspecified atom stereocenters. The Labute approximate surface area is 170 Å². The summed E-state index contributed by atoms with van der Waals surface area (Å²) in [7, 11) is 0. The highest BCUT2D eigenvalue weighted by Crippen LogP contribution is 2.26. The van der Waals surface area contributed by atoms with Crippen LogP contribution in [0.15, 0.2) is 30.3 Å². The van der Waals surface area contributed by atoms with E-state index in [1.165, 1.54) is 0 Å². The fourth-order valence-electron chi connectivity index (χ4n) is 2.76. The highest BCUT2D eigenvalue weighted by atomic mass is 16.5. The number of carboxylic acids is 1. The van der Waals surface area contributed by atoms with Crippen LogP contribution in [0.1, 0.15) is 40.9 Å². The van der Waals surface area contributed by atoms with Crippen LogP contribution >= 0.6 is 0 Å². The average Bonchev–Trinajstić information content (AvgIpc) is 2.63. The zero-order valence-electron chi connectivity index (χ0n) is 17.3. The molecule has 0 aliphatic rings. The van der Waals surface area contributed by atoms with Gasteiger partial charge in [-0.05, 0) is 61.7 Å². The summed E-state index contributed by atoms with van der Waals surface area (Å²) in [6.45, 7) is 8.55. The maximum atomic E-state index is 12.8. The molecule has 0 aromatic heterocycles. The van der Waals surface area contributed by atoms with Crippen molar-refractivity contribution in [1.29, 1.82) is 0 Å². The highest BCUT2D eigenvalue weighted by Gasteiger charge is 2.15. The largest absolute Gasteiger partial charge is 0.481 e. The number of anilines is 2. The van der Waals surface area contributed by atoms with Gasteiger partial charge in [0.25, 0.3) is 5.91 Å². The van der Waals surface area contributed by atoms with Crippen LogP contribution < -0.4 is 15.4 Å². The van der Waals surface area contributed by atoms with Crippen molar-refractivity contribution in [2.75, 3.05) is 17.2 Å². The third-order valence-electron chi connectivity index (χ3n) is 4.34. The van der Waals surface area contributed by atoms with Gasteiger partial charge in [-0.3, -0.25) is 9.59 Å². The van der Waals surface area contributed by atoms with Crippen molar-refractivity contribution in [2.45, 2.75) is 34.6 Å². The molecule has 0 aliphatic carbocycles. The van der Waals surface area contributed by atoms with Gasteiger partial charge >= 0.3 is 5.97 Å². The molecule has 7 nitrogen and oxygen atoms in total. The van der Waals surface area contributed by atoms with Crippen LogP contribution in [0.3, 0.4) is 0 Å². The van der Waals surface area contributed by atoms with Gasteiger partial charge in [0.15, 0.2) is 6.61 Å². The Bertz CT molecular complexity index is 927. The Morgan fingerprint density at radius 2 is 1.59 bits per heavy atom. The molecule has 154 valence electrons. The zero-order chi connectivity index (χ0) is 21.7. The number of carbonyl (C=O) groups is 3. The third kappa shape index (κ3) is 5.81. The maximum Gasteiger partial charge on any atom is 0.341 e. The van der Waals surface area contributed by atoms with Gasteiger partial charge in [0.2, 0.25) is 5.91 Å². The summed E-state index contributed by atoms with van der Waals surface area (Å²) in [5.74, 6) is -1.17. The number of amides is 2.